The summed E-state index contributed by atoms with van der Waals surface area (Å²) in [6, 6.07) is 73.3. The van der Waals surface area contributed by atoms with Crippen molar-refractivity contribution < 1.29 is 8.83 Å². The van der Waals surface area contributed by atoms with Gasteiger partial charge in [-0.3, -0.25) is 0 Å². The number of aromatic nitrogens is 1. The van der Waals surface area contributed by atoms with Crippen molar-refractivity contribution in [2.75, 3.05) is 4.90 Å². The summed E-state index contributed by atoms with van der Waals surface area (Å²) >= 11 is 0. The summed E-state index contributed by atoms with van der Waals surface area (Å²) in [5.74, 6) is 0. The Bertz CT molecular complexity index is 3500. The molecule has 0 spiro atoms. The molecule has 0 fully saturated rings. The maximum atomic E-state index is 6.78. The molecule has 0 radical (unpaired) electrons. The number of hydrogen-bond acceptors (Lipinski definition) is 3. The zero-order valence-electron chi connectivity index (χ0n) is 31.3. The molecule has 0 aliphatic heterocycles. The lowest BCUT2D eigenvalue weighted by atomic mass is 9.96. The van der Waals surface area contributed by atoms with E-state index in [9.17, 15) is 0 Å². The Balaban J connectivity index is 1.20. The van der Waals surface area contributed by atoms with E-state index in [0.29, 0.717) is 0 Å². The topological polar surface area (TPSA) is 34.5 Å². The van der Waals surface area contributed by atoms with E-state index < -0.39 is 0 Å². The summed E-state index contributed by atoms with van der Waals surface area (Å²) in [7, 11) is 0. The van der Waals surface area contributed by atoms with Crippen LogP contribution in [0.25, 0.3) is 93.6 Å². The average Bonchev–Trinajstić information content (AvgIpc) is 3.96. The van der Waals surface area contributed by atoms with E-state index >= 15 is 0 Å². The van der Waals surface area contributed by atoms with Crippen LogP contribution in [-0.2, 0) is 0 Å². The van der Waals surface area contributed by atoms with Gasteiger partial charge in [0, 0.05) is 66.6 Å². The zero-order chi connectivity index (χ0) is 38.2. The lowest BCUT2D eigenvalue weighted by Crippen LogP contribution is -2.11. The second-order valence-corrected chi connectivity index (χ2v) is 14.9. The molecule has 0 amide bonds. The highest BCUT2D eigenvalue weighted by atomic mass is 16.3. The Kier molecular flexibility index (Phi) is 7.20. The fourth-order valence-electron chi connectivity index (χ4n) is 8.93. The summed E-state index contributed by atoms with van der Waals surface area (Å²) in [4.78, 5) is 2.38. The van der Waals surface area contributed by atoms with Crippen LogP contribution in [-0.4, -0.2) is 4.57 Å². The first-order valence-electron chi connectivity index (χ1n) is 19.7. The number of nitrogens with zero attached hydrogens (tertiary/aromatic N) is 2. The molecule has 58 heavy (non-hydrogen) atoms. The molecular weight excluding hydrogens is 709 g/mol. The molecule has 0 saturated heterocycles. The van der Waals surface area contributed by atoms with E-state index in [1.165, 1.54) is 16.3 Å². The first kappa shape index (κ1) is 32.4. The average molecular weight is 743 g/mol. The Labute approximate surface area is 334 Å². The standard InChI is InChI=1S/C54H34N2O2/c1-3-14-35(15-4-1)36-26-28-38(29-27-36)55(39-30-31-43-41-19-8-11-24-51(41)57-53(43)32-39)49-34-50-46(40-18-7-10-23-48(40)56(50)37-16-5-2-6-17-37)33-47(49)45-22-13-21-44-42-20-9-12-25-52(42)58-54(44)45/h1-34H. The summed E-state index contributed by atoms with van der Waals surface area (Å²) in [5.41, 5.74) is 14.3. The maximum absolute atomic E-state index is 6.78. The summed E-state index contributed by atoms with van der Waals surface area (Å²) in [6.45, 7) is 0. The van der Waals surface area contributed by atoms with Crippen LogP contribution in [0.3, 0.4) is 0 Å². The van der Waals surface area contributed by atoms with Crippen molar-refractivity contribution in [1.29, 1.82) is 0 Å². The second kappa shape index (κ2) is 12.9. The van der Waals surface area contributed by atoms with Gasteiger partial charge in [0.05, 0.1) is 16.7 Å². The monoisotopic (exact) mass is 742 g/mol. The number of fused-ring (bicyclic) bond motifs is 9. The van der Waals surface area contributed by atoms with Crippen LogP contribution in [0.2, 0.25) is 0 Å². The van der Waals surface area contributed by atoms with Gasteiger partial charge in [0.15, 0.2) is 0 Å². The van der Waals surface area contributed by atoms with E-state index in [1.807, 2.05) is 18.2 Å². The molecule has 0 aliphatic rings. The van der Waals surface area contributed by atoms with Gasteiger partial charge in [-0.15, -0.1) is 0 Å². The molecule has 0 aliphatic carbocycles. The van der Waals surface area contributed by atoms with E-state index in [-0.39, 0.29) is 0 Å². The van der Waals surface area contributed by atoms with E-state index in [1.54, 1.807) is 0 Å². The van der Waals surface area contributed by atoms with Crippen molar-refractivity contribution in [2.45, 2.75) is 0 Å². The van der Waals surface area contributed by atoms with Crippen molar-refractivity contribution >= 4 is 82.7 Å². The van der Waals surface area contributed by atoms with E-state index in [4.69, 9.17) is 8.83 Å². The number of para-hydroxylation sites is 5. The number of furan rings is 2. The number of anilines is 3. The Morgan fingerprint density at radius 2 is 0.948 bits per heavy atom. The first-order valence-corrected chi connectivity index (χ1v) is 19.7. The first-order chi connectivity index (χ1) is 28.8. The van der Waals surface area contributed by atoms with Gasteiger partial charge in [0.25, 0.3) is 0 Å². The minimum absolute atomic E-state index is 0.838. The molecule has 3 heterocycles. The maximum Gasteiger partial charge on any atom is 0.143 e. The Morgan fingerprint density at radius 3 is 1.74 bits per heavy atom. The van der Waals surface area contributed by atoms with Crippen LogP contribution in [0, 0.1) is 0 Å². The molecule has 0 atom stereocenters. The number of benzene rings is 9. The minimum Gasteiger partial charge on any atom is -0.456 e. The van der Waals surface area contributed by atoms with Crippen LogP contribution in [0.15, 0.2) is 215 Å². The lowest BCUT2D eigenvalue weighted by molar-refractivity contribution is 0.669. The molecule has 12 rings (SSSR count). The lowest BCUT2D eigenvalue weighted by Gasteiger charge is -2.28. The molecule has 9 aromatic carbocycles. The van der Waals surface area contributed by atoms with Crippen LogP contribution in [0.4, 0.5) is 17.1 Å². The van der Waals surface area contributed by atoms with E-state index in [2.05, 4.69) is 198 Å². The van der Waals surface area contributed by atoms with Crippen LogP contribution in [0.1, 0.15) is 0 Å². The number of hydrogen-bond donors (Lipinski definition) is 0. The van der Waals surface area contributed by atoms with Crippen LogP contribution in [0.5, 0.6) is 0 Å². The van der Waals surface area contributed by atoms with E-state index in [0.717, 1.165) is 94.4 Å². The predicted octanol–water partition coefficient (Wildman–Crippen LogP) is 15.4. The van der Waals surface area contributed by atoms with Gasteiger partial charge in [0.1, 0.15) is 22.3 Å². The molecule has 0 saturated carbocycles. The smallest absolute Gasteiger partial charge is 0.143 e. The molecular formula is C54H34N2O2. The fraction of sp³-hybridized carbons (Fsp3) is 0. The summed E-state index contributed by atoms with van der Waals surface area (Å²) < 4.78 is 15.7. The predicted molar refractivity (Wildman–Crippen MR) is 241 cm³/mol. The number of rotatable bonds is 6. The molecule has 0 bridgehead atoms. The highest BCUT2D eigenvalue weighted by molar-refractivity contribution is 6.16. The highest BCUT2D eigenvalue weighted by Gasteiger charge is 2.25. The largest absolute Gasteiger partial charge is 0.456 e. The van der Waals surface area contributed by atoms with Gasteiger partial charge in [-0.05, 0) is 77.9 Å². The van der Waals surface area contributed by atoms with Gasteiger partial charge in [-0.1, -0.05) is 133 Å². The third-order valence-electron chi connectivity index (χ3n) is 11.6. The van der Waals surface area contributed by atoms with Crippen molar-refractivity contribution in [2.24, 2.45) is 0 Å². The summed E-state index contributed by atoms with van der Waals surface area (Å²) in [6.07, 6.45) is 0. The Hall–Kier alpha value is -7.82. The van der Waals surface area contributed by atoms with Crippen molar-refractivity contribution in [1.82, 2.24) is 4.57 Å². The SMILES string of the molecule is c1ccc(-c2ccc(N(c3ccc4c(c3)oc3ccccc34)c3cc4c(cc3-c3cccc5c3oc3ccccc35)c3ccccc3n4-c3ccccc3)cc2)cc1. The van der Waals surface area contributed by atoms with Gasteiger partial charge >= 0.3 is 0 Å². The molecule has 12 aromatic rings. The van der Waals surface area contributed by atoms with Gasteiger partial charge in [-0.2, -0.15) is 0 Å². The molecule has 272 valence electrons. The third-order valence-corrected chi connectivity index (χ3v) is 11.6. The molecule has 0 N–H and O–H groups in total. The van der Waals surface area contributed by atoms with Crippen molar-refractivity contribution in [3.05, 3.63) is 206 Å². The van der Waals surface area contributed by atoms with Gasteiger partial charge < -0.3 is 18.3 Å². The minimum atomic E-state index is 0.838. The molecule has 0 unspecified atom stereocenters. The zero-order valence-corrected chi connectivity index (χ0v) is 31.3. The fourth-order valence-corrected chi connectivity index (χ4v) is 8.93. The normalized spacial score (nSPS) is 11.8. The quantitative estimate of drug-likeness (QED) is 0.170. The molecule has 4 nitrogen and oxygen atoms in total. The molecule has 4 heteroatoms. The van der Waals surface area contributed by atoms with Crippen LogP contribution >= 0.6 is 0 Å². The van der Waals surface area contributed by atoms with Crippen LogP contribution < -0.4 is 4.90 Å². The highest BCUT2D eigenvalue weighted by Crippen LogP contribution is 2.48. The van der Waals surface area contributed by atoms with Crippen molar-refractivity contribution in [3.8, 4) is 27.9 Å². The third kappa shape index (κ3) is 5.02. The van der Waals surface area contributed by atoms with Gasteiger partial charge in [-0.25, -0.2) is 0 Å². The second-order valence-electron chi connectivity index (χ2n) is 14.9. The Morgan fingerprint density at radius 1 is 0.345 bits per heavy atom. The molecule has 3 aromatic heterocycles. The van der Waals surface area contributed by atoms with Gasteiger partial charge in [0.2, 0.25) is 0 Å². The summed E-state index contributed by atoms with van der Waals surface area (Å²) in [5, 5.41) is 6.74. The van der Waals surface area contributed by atoms with Crippen molar-refractivity contribution in [3.63, 3.8) is 0 Å².